The van der Waals surface area contributed by atoms with Crippen LogP contribution >= 0.6 is 0 Å². The molecule has 1 aromatic rings. The summed E-state index contributed by atoms with van der Waals surface area (Å²) in [6.45, 7) is 1.98. The Balaban J connectivity index is 2.42. The first-order chi connectivity index (χ1) is 7.65. The molecule has 1 saturated carbocycles. The van der Waals surface area contributed by atoms with E-state index in [9.17, 15) is 9.90 Å². The van der Waals surface area contributed by atoms with Crippen molar-refractivity contribution in [2.75, 3.05) is 0 Å². The molecule has 0 spiro atoms. The average molecular weight is 219 g/mol. The Morgan fingerprint density at radius 3 is 2.62 bits per heavy atom. The van der Waals surface area contributed by atoms with Gasteiger partial charge in [0.05, 0.1) is 5.69 Å². The van der Waals surface area contributed by atoms with Crippen LogP contribution in [0.5, 0.6) is 0 Å². The van der Waals surface area contributed by atoms with Crippen LogP contribution in [0.3, 0.4) is 0 Å². The van der Waals surface area contributed by atoms with Gasteiger partial charge in [-0.05, 0) is 37.5 Å². The van der Waals surface area contributed by atoms with Gasteiger partial charge in [0.25, 0.3) is 0 Å². The van der Waals surface area contributed by atoms with Crippen LogP contribution in [0.4, 0.5) is 0 Å². The summed E-state index contributed by atoms with van der Waals surface area (Å²) in [6.07, 6.45) is 6.27. The summed E-state index contributed by atoms with van der Waals surface area (Å²) >= 11 is 0. The Bertz CT molecular complexity index is 395. The first kappa shape index (κ1) is 11.1. The summed E-state index contributed by atoms with van der Waals surface area (Å²) in [5.74, 6) is -0.717. The van der Waals surface area contributed by atoms with E-state index in [0.29, 0.717) is 0 Å². The first-order valence-corrected chi connectivity index (χ1v) is 5.82. The van der Waals surface area contributed by atoms with Gasteiger partial charge in [-0.15, -0.1) is 0 Å². The number of aromatic nitrogens is 1. The molecular weight excluding hydrogens is 202 g/mol. The number of carboxylic acids is 1. The van der Waals surface area contributed by atoms with E-state index < -0.39 is 11.4 Å². The smallest absolute Gasteiger partial charge is 0.315 e. The Kier molecular flexibility index (Phi) is 2.95. The molecule has 16 heavy (non-hydrogen) atoms. The molecule has 0 radical (unpaired) electrons. The lowest BCUT2D eigenvalue weighted by Crippen LogP contribution is -2.38. The molecule has 0 aromatic carbocycles. The van der Waals surface area contributed by atoms with Crippen LogP contribution in [0.15, 0.2) is 18.3 Å². The standard InChI is InChI=1S/C13H17NO2/c1-10-5-8-14-11(9-10)13(12(15)16)6-3-2-4-7-13/h5,8-9H,2-4,6-7H2,1H3,(H,15,16). The second-order valence-electron chi connectivity index (χ2n) is 4.67. The summed E-state index contributed by atoms with van der Waals surface area (Å²) in [6, 6.07) is 3.82. The molecule has 0 amide bonds. The number of nitrogens with zero attached hydrogens (tertiary/aromatic N) is 1. The predicted molar refractivity (Wildman–Crippen MR) is 61.4 cm³/mol. The molecule has 0 saturated heterocycles. The van der Waals surface area contributed by atoms with Crippen LogP contribution in [0, 0.1) is 6.92 Å². The molecule has 0 atom stereocenters. The van der Waals surface area contributed by atoms with E-state index in [1.165, 1.54) is 0 Å². The molecule has 3 nitrogen and oxygen atoms in total. The fourth-order valence-corrected chi connectivity index (χ4v) is 2.53. The molecule has 1 N–H and O–H groups in total. The van der Waals surface area contributed by atoms with Crippen molar-refractivity contribution in [2.24, 2.45) is 0 Å². The lowest BCUT2D eigenvalue weighted by Gasteiger charge is -2.32. The maximum absolute atomic E-state index is 11.5. The van der Waals surface area contributed by atoms with Crippen molar-refractivity contribution in [1.29, 1.82) is 0 Å². The van der Waals surface area contributed by atoms with Crippen molar-refractivity contribution in [3.63, 3.8) is 0 Å². The summed E-state index contributed by atoms with van der Waals surface area (Å²) in [5, 5.41) is 9.49. The summed E-state index contributed by atoms with van der Waals surface area (Å²) in [5.41, 5.74) is 1.08. The number of carbonyl (C=O) groups is 1. The molecule has 1 aliphatic carbocycles. The van der Waals surface area contributed by atoms with Crippen LogP contribution in [0.25, 0.3) is 0 Å². The van der Waals surface area contributed by atoms with Crippen LogP contribution in [0.1, 0.15) is 43.4 Å². The van der Waals surface area contributed by atoms with E-state index in [0.717, 1.165) is 43.4 Å². The summed E-state index contributed by atoms with van der Waals surface area (Å²) in [7, 11) is 0. The third kappa shape index (κ3) is 1.82. The number of hydrogen-bond acceptors (Lipinski definition) is 2. The Hall–Kier alpha value is -1.38. The second-order valence-corrected chi connectivity index (χ2v) is 4.67. The van der Waals surface area contributed by atoms with Crippen molar-refractivity contribution >= 4 is 5.97 Å². The molecule has 0 bridgehead atoms. The fraction of sp³-hybridized carbons (Fsp3) is 0.538. The molecule has 1 aromatic heterocycles. The maximum Gasteiger partial charge on any atom is 0.315 e. The van der Waals surface area contributed by atoms with Crippen molar-refractivity contribution in [3.8, 4) is 0 Å². The molecule has 1 fully saturated rings. The minimum absolute atomic E-state index is 0.717. The Labute approximate surface area is 95.5 Å². The molecule has 86 valence electrons. The van der Waals surface area contributed by atoms with E-state index >= 15 is 0 Å². The normalized spacial score (nSPS) is 19.3. The number of hydrogen-bond donors (Lipinski definition) is 1. The third-order valence-electron chi connectivity index (χ3n) is 3.52. The summed E-state index contributed by atoms with van der Waals surface area (Å²) < 4.78 is 0. The van der Waals surface area contributed by atoms with Crippen molar-refractivity contribution in [2.45, 2.75) is 44.4 Å². The number of aliphatic carboxylic acids is 1. The summed E-state index contributed by atoms with van der Waals surface area (Å²) in [4.78, 5) is 15.8. The average Bonchev–Trinajstić information content (AvgIpc) is 2.30. The van der Waals surface area contributed by atoms with Crippen LogP contribution in [-0.4, -0.2) is 16.1 Å². The van der Waals surface area contributed by atoms with Crippen LogP contribution in [0.2, 0.25) is 0 Å². The number of aryl methyl sites for hydroxylation is 1. The molecule has 0 aliphatic heterocycles. The zero-order valence-electron chi connectivity index (χ0n) is 9.57. The lowest BCUT2D eigenvalue weighted by molar-refractivity contribution is -0.145. The fourth-order valence-electron chi connectivity index (χ4n) is 2.53. The van der Waals surface area contributed by atoms with Crippen LogP contribution < -0.4 is 0 Å². The number of rotatable bonds is 2. The highest BCUT2D eigenvalue weighted by Crippen LogP contribution is 2.38. The van der Waals surface area contributed by atoms with Crippen molar-refractivity contribution in [1.82, 2.24) is 4.98 Å². The highest BCUT2D eigenvalue weighted by molar-refractivity contribution is 5.80. The van der Waals surface area contributed by atoms with Gasteiger partial charge in [0, 0.05) is 6.20 Å². The SMILES string of the molecule is Cc1ccnc(C2(C(=O)O)CCCCC2)c1. The van der Waals surface area contributed by atoms with Gasteiger partial charge in [-0.25, -0.2) is 0 Å². The molecule has 2 rings (SSSR count). The van der Waals surface area contributed by atoms with Gasteiger partial charge in [-0.3, -0.25) is 9.78 Å². The highest BCUT2D eigenvalue weighted by Gasteiger charge is 2.42. The highest BCUT2D eigenvalue weighted by atomic mass is 16.4. The van der Waals surface area contributed by atoms with Gasteiger partial charge in [0.2, 0.25) is 0 Å². The monoisotopic (exact) mass is 219 g/mol. The van der Waals surface area contributed by atoms with Crippen molar-refractivity contribution in [3.05, 3.63) is 29.6 Å². The van der Waals surface area contributed by atoms with Gasteiger partial charge in [-0.1, -0.05) is 19.3 Å². The minimum Gasteiger partial charge on any atom is -0.481 e. The predicted octanol–water partition coefficient (Wildman–Crippen LogP) is 2.68. The minimum atomic E-state index is -0.732. The zero-order valence-corrected chi connectivity index (χ0v) is 9.57. The van der Waals surface area contributed by atoms with E-state index in [1.54, 1.807) is 6.20 Å². The topological polar surface area (TPSA) is 50.2 Å². The van der Waals surface area contributed by atoms with Crippen molar-refractivity contribution < 1.29 is 9.90 Å². The number of carboxylic acid groups (broad SMARTS) is 1. The Morgan fingerprint density at radius 2 is 2.06 bits per heavy atom. The van der Waals surface area contributed by atoms with Gasteiger partial charge in [0.15, 0.2) is 0 Å². The van der Waals surface area contributed by atoms with E-state index in [2.05, 4.69) is 4.98 Å². The maximum atomic E-state index is 11.5. The van der Waals surface area contributed by atoms with E-state index in [4.69, 9.17) is 0 Å². The van der Waals surface area contributed by atoms with Gasteiger partial charge in [-0.2, -0.15) is 0 Å². The molecular formula is C13H17NO2. The number of pyridine rings is 1. The molecule has 1 aliphatic rings. The Morgan fingerprint density at radius 1 is 1.38 bits per heavy atom. The quantitative estimate of drug-likeness (QED) is 0.832. The zero-order chi connectivity index (χ0) is 11.6. The largest absolute Gasteiger partial charge is 0.481 e. The second kappa shape index (κ2) is 4.24. The molecule has 1 heterocycles. The third-order valence-corrected chi connectivity index (χ3v) is 3.52. The van der Waals surface area contributed by atoms with Gasteiger partial charge in [0.1, 0.15) is 5.41 Å². The van der Waals surface area contributed by atoms with Crippen LogP contribution in [-0.2, 0) is 10.2 Å². The first-order valence-electron chi connectivity index (χ1n) is 5.82. The molecule has 0 unspecified atom stereocenters. The van der Waals surface area contributed by atoms with Gasteiger partial charge >= 0.3 is 5.97 Å². The van der Waals surface area contributed by atoms with E-state index in [-0.39, 0.29) is 0 Å². The van der Waals surface area contributed by atoms with E-state index in [1.807, 2.05) is 19.1 Å². The lowest BCUT2D eigenvalue weighted by atomic mass is 9.71. The van der Waals surface area contributed by atoms with Gasteiger partial charge < -0.3 is 5.11 Å². The molecule has 3 heteroatoms.